The fraction of sp³-hybridized carbons (Fsp3) is 0.429. The lowest BCUT2D eigenvalue weighted by Crippen LogP contribution is -2.48. The average Bonchev–Trinajstić information content (AvgIpc) is 2.62. The lowest BCUT2D eigenvalue weighted by molar-refractivity contribution is 0.180. The molecule has 2 aromatic carbocycles. The van der Waals surface area contributed by atoms with Crippen LogP contribution in [-0.2, 0) is 16.6 Å². The number of piperazine rings is 1. The van der Waals surface area contributed by atoms with Crippen molar-refractivity contribution in [2.45, 2.75) is 39.1 Å². The summed E-state index contributed by atoms with van der Waals surface area (Å²) < 4.78 is 27.6. The second-order valence-corrected chi connectivity index (χ2v) is 9.42. The number of hydrogen-bond donors (Lipinski definition) is 1. The van der Waals surface area contributed by atoms with E-state index in [0.717, 1.165) is 27.8 Å². The van der Waals surface area contributed by atoms with Crippen LogP contribution in [0.5, 0.6) is 5.75 Å². The van der Waals surface area contributed by atoms with Gasteiger partial charge in [-0.15, -0.1) is 0 Å². The molecule has 1 heterocycles. The van der Waals surface area contributed by atoms with Gasteiger partial charge in [-0.2, -0.15) is 4.31 Å². The van der Waals surface area contributed by atoms with Gasteiger partial charge in [0.25, 0.3) is 0 Å². The molecule has 146 valence electrons. The van der Waals surface area contributed by atoms with Crippen LogP contribution >= 0.6 is 0 Å². The Hall–Kier alpha value is -1.89. The van der Waals surface area contributed by atoms with Crippen LogP contribution < -0.4 is 0 Å². The summed E-state index contributed by atoms with van der Waals surface area (Å²) in [5.74, 6) is 0.309. The quantitative estimate of drug-likeness (QED) is 0.874. The summed E-state index contributed by atoms with van der Waals surface area (Å²) >= 11 is 0. The largest absolute Gasteiger partial charge is 0.508 e. The van der Waals surface area contributed by atoms with Gasteiger partial charge in [0.15, 0.2) is 0 Å². The molecule has 0 unspecified atom stereocenters. The number of nitrogens with zero attached hydrogens (tertiary/aromatic N) is 2. The third-order valence-corrected chi connectivity index (χ3v) is 7.42. The Morgan fingerprint density at radius 1 is 0.889 bits per heavy atom. The molecule has 0 aromatic heterocycles. The maximum atomic E-state index is 13.0. The van der Waals surface area contributed by atoms with Crippen molar-refractivity contribution in [1.29, 1.82) is 0 Å². The minimum absolute atomic E-state index is 0.309. The second kappa shape index (κ2) is 7.62. The van der Waals surface area contributed by atoms with Crippen molar-refractivity contribution in [3.05, 3.63) is 58.1 Å². The van der Waals surface area contributed by atoms with Gasteiger partial charge < -0.3 is 5.11 Å². The number of aryl methyl sites for hydroxylation is 4. The fourth-order valence-corrected chi connectivity index (χ4v) is 5.21. The zero-order valence-corrected chi connectivity index (χ0v) is 17.3. The molecule has 0 atom stereocenters. The minimum atomic E-state index is -3.47. The monoisotopic (exact) mass is 388 g/mol. The molecule has 1 saturated heterocycles. The van der Waals surface area contributed by atoms with Crippen molar-refractivity contribution in [1.82, 2.24) is 9.21 Å². The SMILES string of the molecule is Cc1ccc(C)c(S(=O)(=O)N2CCN(Cc3cc(C)c(C)cc3O)CC2)c1. The highest BCUT2D eigenvalue weighted by molar-refractivity contribution is 7.89. The van der Waals surface area contributed by atoms with Crippen LogP contribution in [0, 0.1) is 27.7 Å². The summed E-state index contributed by atoms with van der Waals surface area (Å²) in [6.45, 7) is 10.6. The molecular weight excluding hydrogens is 360 g/mol. The number of benzene rings is 2. The molecule has 2 aromatic rings. The van der Waals surface area contributed by atoms with E-state index in [0.29, 0.717) is 43.4 Å². The van der Waals surface area contributed by atoms with E-state index in [1.54, 1.807) is 16.4 Å². The topological polar surface area (TPSA) is 60.9 Å². The Labute approximate surface area is 162 Å². The molecule has 3 rings (SSSR count). The molecule has 5 nitrogen and oxygen atoms in total. The molecule has 0 spiro atoms. The summed E-state index contributed by atoms with van der Waals surface area (Å²) in [5, 5.41) is 10.2. The van der Waals surface area contributed by atoms with E-state index in [1.165, 1.54) is 0 Å². The zero-order chi connectivity index (χ0) is 19.8. The molecule has 0 bridgehead atoms. The van der Waals surface area contributed by atoms with Gasteiger partial charge >= 0.3 is 0 Å². The van der Waals surface area contributed by atoms with Crippen molar-refractivity contribution < 1.29 is 13.5 Å². The Balaban J connectivity index is 1.70. The van der Waals surface area contributed by atoms with Crippen molar-refractivity contribution in [2.75, 3.05) is 26.2 Å². The van der Waals surface area contributed by atoms with E-state index in [1.807, 2.05) is 45.9 Å². The molecule has 1 aliphatic rings. The Morgan fingerprint density at radius 3 is 2.19 bits per heavy atom. The smallest absolute Gasteiger partial charge is 0.243 e. The van der Waals surface area contributed by atoms with E-state index in [4.69, 9.17) is 0 Å². The van der Waals surface area contributed by atoms with Gasteiger partial charge in [-0.05, 0) is 62.1 Å². The second-order valence-electron chi connectivity index (χ2n) is 7.51. The standard InChI is InChI=1S/C21H28N2O3S/c1-15-5-6-16(2)21(11-15)27(25,26)23-9-7-22(8-10-23)14-19-12-17(3)18(4)13-20(19)24/h5-6,11-13,24H,7-10,14H2,1-4H3. The Bertz CT molecular complexity index is 946. The maximum absolute atomic E-state index is 13.0. The average molecular weight is 389 g/mol. The van der Waals surface area contributed by atoms with E-state index < -0.39 is 10.0 Å². The molecule has 27 heavy (non-hydrogen) atoms. The molecule has 0 radical (unpaired) electrons. The summed E-state index contributed by atoms with van der Waals surface area (Å²) in [4.78, 5) is 2.60. The van der Waals surface area contributed by atoms with Gasteiger partial charge in [-0.25, -0.2) is 8.42 Å². The fourth-order valence-electron chi connectivity index (χ4n) is 3.48. The van der Waals surface area contributed by atoms with Gasteiger partial charge in [-0.1, -0.05) is 18.2 Å². The maximum Gasteiger partial charge on any atom is 0.243 e. The number of sulfonamides is 1. The number of hydrogen-bond acceptors (Lipinski definition) is 4. The van der Waals surface area contributed by atoms with Gasteiger partial charge in [0.2, 0.25) is 10.0 Å². The molecular formula is C21H28N2O3S. The summed E-state index contributed by atoms with van der Waals surface area (Å²) in [7, 11) is -3.47. The summed E-state index contributed by atoms with van der Waals surface area (Å²) in [5.41, 5.74) is 4.84. The highest BCUT2D eigenvalue weighted by Crippen LogP contribution is 2.25. The van der Waals surface area contributed by atoms with Crippen molar-refractivity contribution in [3.8, 4) is 5.75 Å². The predicted octanol–water partition coefficient (Wildman–Crippen LogP) is 3.13. The molecule has 1 aliphatic heterocycles. The first-order valence-corrected chi connectivity index (χ1v) is 10.7. The Kier molecular flexibility index (Phi) is 5.60. The third-order valence-electron chi connectivity index (χ3n) is 5.38. The van der Waals surface area contributed by atoms with Crippen LogP contribution in [0.4, 0.5) is 0 Å². The van der Waals surface area contributed by atoms with Crippen molar-refractivity contribution in [3.63, 3.8) is 0 Å². The lowest BCUT2D eigenvalue weighted by atomic mass is 10.0. The van der Waals surface area contributed by atoms with Gasteiger partial charge in [0.1, 0.15) is 5.75 Å². The number of rotatable bonds is 4. The molecule has 6 heteroatoms. The van der Waals surface area contributed by atoms with E-state index in [-0.39, 0.29) is 0 Å². The van der Waals surface area contributed by atoms with Crippen LogP contribution in [0.1, 0.15) is 27.8 Å². The molecule has 1 N–H and O–H groups in total. The summed E-state index contributed by atoms with van der Waals surface area (Å²) in [6, 6.07) is 9.36. The van der Waals surface area contributed by atoms with Gasteiger partial charge in [-0.3, -0.25) is 4.90 Å². The Morgan fingerprint density at radius 2 is 1.52 bits per heavy atom. The van der Waals surface area contributed by atoms with Crippen LogP contribution in [0.25, 0.3) is 0 Å². The number of aromatic hydroxyl groups is 1. The zero-order valence-electron chi connectivity index (χ0n) is 16.5. The van der Waals surface area contributed by atoms with Crippen LogP contribution in [0.2, 0.25) is 0 Å². The first-order chi connectivity index (χ1) is 12.7. The van der Waals surface area contributed by atoms with E-state index in [2.05, 4.69) is 4.90 Å². The number of phenolic OH excluding ortho intramolecular Hbond substituents is 1. The lowest BCUT2D eigenvalue weighted by Gasteiger charge is -2.34. The number of phenols is 1. The highest BCUT2D eigenvalue weighted by Gasteiger charge is 2.29. The highest BCUT2D eigenvalue weighted by atomic mass is 32.2. The van der Waals surface area contributed by atoms with E-state index >= 15 is 0 Å². The first-order valence-electron chi connectivity index (χ1n) is 9.27. The molecule has 0 amide bonds. The molecule has 0 aliphatic carbocycles. The van der Waals surface area contributed by atoms with Crippen molar-refractivity contribution >= 4 is 10.0 Å². The first kappa shape index (κ1) is 19.9. The van der Waals surface area contributed by atoms with Crippen LogP contribution in [-0.4, -0.2) is 48.9 Å². The van der Waals surface area contributed by atoms with Gasteiger partial charge in [0, 0.05) is 38.3 Å². The molecule has 0 saturated carbocycles. The van der Waals surface area contributed by atoms with Gasteiger partial charge in [0.05, 0.1) is 4.90 Å². The van der Waals surface area contributed by atoms with Crippen LogP contribution in [0.3, 0.4) is 0 Å². The predicted molar refractivity (Wildman–Crippen MR) is 108 cm³/mol. The minimum Gasteiger partial charge on any atom is -0.508 e. The molecule has 1 fully saturated rings. The van der Waals surface area contributed by atoms with Crippen molar-refractivity contribution in [2.24, 2.45) is 0 Å². The third kappa shape index (κ3) is 4.18. The van der Waals surface area contributed by atoms with Crippen LogP contribution in [0.15, 0.2) is 35.2 Å². The van der Waals surface area contributed by atoms with E-state index in [9.17, 15) is 13.5 Å². The summed E-state index contributed by atoms with van der Waals surface area (Å²) in [6.07, 6.45) is 0. The normalized spacial score (nSPS) is 16.6.